The number of carbonyl (C=O) groups is 2. The molecule has 0 aromatic rings. The van der Waals surface area contributed by atoms with Gasteiger partial charge in [-0.25, -0.2) is 4.79 Å². The summed E-state index contributed by atoms with van der Waals surface area (Å²) in [5.74, 6) is -0.649. The van der Waals surface area contributed by atoms with Crippen LogP contribution in [-0.2, 0) is 19.1 Å². The molecule has 0 spiro atoms. The van der Waals surface area contributed by atoms with Crippen molar-refractivity contribution < 1.29 is 19.1 Å². The highest BCUT2D eigenvalue weighted by Gasteiger charge is 2.12. The van der Waals surface area contributed by atoms with Gasteiger partial charge in [0, 0.05) is 6.42 Å². The zero-order valence-corrected chi connectivity index (χ0v) is 11.7. The van der Waals surface area contributed by atoms with Crippen molar-refractivity contribution in [3.63, 3.8) is 0 Å². The summed E-state index contributed by atoms with van der Waals surface area (Å²) in [6.07, 6.45) is 5.40. The van der Waals surface area contributed by atoms with Crippen molar-refractivity contribution >= 4 is 11.9 Å². The van der Waals surface area contributed by atoms with E-state index in [0.29, 0.717) is 25.0 Å². The Hall–Kier alpha value is -1.32. The van der Waals surface area contributed by atoms with E-state index in [2.05, 4.69) is 0 Å². The lowest BCUT2D eigenvalue weighted by Gasteiger charge is -2.08. The number of hydrogen-bond donors (Lipinski definition) is 0. The quantitative estimate of drug-likeness (QED) is 0.470. The highest BCUT2D eigenvalue weighted by atomic mass is 16.5. The smallest absolute Gasteiger partial charge is 0.337 e. The number of carbonyl (C=O) groups excluding carboxylic acids is 2. The molecule has 0 radical (unpaired) electrons. The van der Waals surface area contributed by atoms with E-state index >= 15 is 0 Å². The summed E-state index contributed by atoms with van der Waals surface area (Å²) >= 11 is 0. The molecule has 0 bridgehead atoms. The summed E-state index contributed by atoms with van der Waals surface area (Å²) in [6.45, 7) is 6.27. The average Bonchev–Trinajstić information content (AvgIpc) is 2.38. The van der Waals surface area contributed by atoms with Crippen molar-refractivity contribution in [3.05, 3.63) is 11.6 Å². The van der Waals surface area contributed by atoms with E-state index < -0.39 is 0 Å². The fourth-order valence-electron chi connectivity index (χ4n) is 1.29. The van der Waals surface area contributed by atoms with E-state index in [9.17, 15) is 9.59 Å². The van der Waals surface area contributed by atoms with Gasteiger partial charge in [-0.1, -0.05) is 33.3 Å². The molecule has 0 rings (SSSR count). The molecule has 0 N–H and O–H groups in total. The molecule has 0 aromatic carbocycles. The van der Waals surface area contributed by atoms with Crippen molar-refractivity contribution in [3.8, 4) is 0 Å². The van der Waals surface area contributed by atoms with Gasteiger partial charge >= 0.3 is 11.9 Å². The van der Waals surface area contributed by atoms with Gasteiger partial charge in [-0.15, -0.1) is 0 Å². The predicted octanol–water partition coefficient (Wildman–Crippen LogP) is 3.01. The maximum Gasteiger partial charge on any atom is 0.337 e. The van der Waals surface area contributed by atoms with E-state index in [1.54, 1.807) is 6.08 Å². The molecule has 4 nitrogen and oxygen atoms in total. The van der Waals surface area contributed by atoms with E-state index in [0.717, 1.165) is 19.3 Å². The minimum atomic E-state index is -0.387. The molecule has 0 aliphatic carbocycles. The summed E-state index contributed by atoms with van der Waals surface area (Å²) < 4.78 is 10.1. The normalized spacial score (nSPS) is 11.2. The lowest BCUT2D eigenvalue weighted by atomic mass is 10.2. The van der Waals surface area contributed by atoms with Crippen molar-refractivity contribution in [2.24, 2.45) is 0 Å². The van der Waals surface area contributed by atoms with Gasteiger partial charge in [0.25, 0.3) is 0 Å². The van der Waals surface area contributed by atoms with Crippen LogP contribution in [0.25, 0.3) is 0 Å². The molecular formula is C14H24O4. The van der Waals surface area contributed by atoms with Crippen LogP contribution in [-0.4, -0.2) is 25.2 Å². The number of esters is 2. The Bertz CT molecular complexity index is 282. The fraction of sp³-hybridized carbons (Fsp3) is 0.714. The molecule has 0 fully saturated rings. The zero-order chi connectivity index (χ0) is 13.8. The van der Waals surface area contributed by atoms with E-state index in [4.69, 9.17) is 9.47 Å². The largest absolute Gasteiger partial charge is 0.462 e. The van der Waals surface area contributed by atoms with Gasteiger partial charge in [0.1, 0.15) is 6.61 Å². The van der Waals surface area contributed by atoms with Crippen LogP contribution in [0.15, 0.2) is 11.6 Å². The predicted molar refractivity (Wildman–Crippen MR) is 70.1 cm³/mol. The first-order valence-corrected chi connectivity index (χ1v) is 6.67. The van der Waals surface area contributed by atoms with Crippen LogP contribution >= 0.6 is 0 Å². The second-order valence-corrected chi connectivity index (χ2v) is 4.04. The minimum Gasteiger partial charge on any atom is -0.462 e. The third-order valence-electron chi connectivity index (χ3n) is 2.27. The van der Waals surface area contributed by atoms with Gasteiger partial charge in [0.15, 0.2) is 0 Å². The van der Waals surface area contributed by atoms with Gasteiger partial charge in [-0.2, -0.15) is 0 Å². The summed E-state index contributed by atoms with van der Waals surface area (Å²) in [7, 11) is 0. The summed E-state index contributed by atoms with van der Waals surface area (Å²) in [5, 5.41) is 0. The first-order valence-electron chi connectivity index (χ1n) is 6.67. The second kappa shape index (κ2) is 10.8. The lowest BCUT2D eigenvalue weighted by Crippen LogP contribution is -2.16. The summed E-state index contributed by atoms with van der Waals surface area (Å²) in [5.41, 5.74) is 0.427. The lowest BCUT2D eigenvalue weighted by molar-refractivity contribution is -0.145. The zero-order valence-electron chi connectivity index (χ0n) is 11.7. The van der Waals surface area contributed by atoms with Crippen molar-refractivity contribution in [2.45, 2.75) is 52.9 Å². The maximum atomic E-state index is 11.6. The molecule has 0 aliphatic rings. The molecule has 0 unspecified atom stereocenters. The standard InChI is InChI=1S/C14H24O4/c1-4-7-9-13(15)18-11-12(8-5-2)14(16)17-10-6-3/h8H,4-7,9-11H2,1-3H3. The topological polar surface area (TPSA) is 52.6 Å². The molecule has 0 saturated carbocycles. The van der Waals surface area contributed by atoms with Crippen LogP contribution in [0.4, 0.5) is 0 Å². The number of allylic oxidation sites excluding steroid dienone is 1. The van der Waals surface area contributed by atoms with E-state index in [1.165, 1.54) is 0 Å². The number of hydrogen-bond acceptors (Lipinski definition) is 4. The Morgan fingerprint density at radius 1 is 1.06 bits per heavy atom. The monoisotopic (exact) mass is 256 g/mol. The Morgan fingerprint density at radius 3 is 2.33 bits per heavy atom. The van der Waals surface area contributed by atoms with Crippen LogP contribution in [0.5, 0.6) is 0 Å². The van der Waals surface area contributed by atoms with Crippen LogP contribution in [0.3, 0.4) is 0 Å². The van der Waals surface area contributed by atoms with Crippen LogP contribution in [0, 0.1) is 0 Å². The van der Waals surface area contributed by atoms with Gasteiger partial charge in [-0.3, -0.25) is 4.79 Å². The SMILES string of the molecule is CCC=C(COC(=O)CCCC)C(=O)OCCC. The van der Waals surface area contributed by atoms with E-state index in [1.807, 2.05) is 20.8 Å². The van der Waals surface area contributed by atoms with E-state index in [-0.39, 0.29) is 18.5 Å². The summed E-state index contributed by atoms with van der Waals surface area (Å²) in [4.78, 5) is 23.0. The van der Waals surface area contributed by atoms with Crippen LogP contribution < -0.4 is 0 Å². The average molecular weight is 256 g/mol. The Kier molecular flexibility index (Phi) is 10.0. The molecule has 104 valence electrons. The Labute approximate surface area is 109 Å². The highest BCUT2D eigenvalue weighted by Crippen LogP contribution is 2.04. The number of rotatable bonds is 9. The van der Waals surface area contributed by atoms with Crippen LogP contribution in [0.1, 0.15) is 52.9 Å². The molecule has 0 heterocycles. The van der Waals surface area contributed by atoms with Crippen molar-refractivity contribution in [1.29, 1.82) is 0 Å². The fourth-order valence-corrected chi connectivity index (χ4v) is 1.29. The van der Waals surface area contributed by atoms with Crippen LogP contribution in [0.2, 0.25) is 0 Å². The first kappa shape index (κ1) is 16.7. The Balaban J connectivity index is 4.16. The third kappa shape index (κ3) is 7.87. The molecule has 0 atom stereocenters. The maximum absolute atomic E-state index is 11.6. The Morgan fingerprint density at radius 2 is 1.78 bits per heavy atom. The van der Waals surface area contributed by atoms with Crippen molar-refractivity contribution in [1.82, 2.24) is 0 Å². The minimum absolute atomic E-state index is 0.0128. The molecule has 0 aromatic heterocycles. The molecule has 0 amide bonds. The van der Waals surface area contributed by atoms with Gasteiger partial charge in [-0.05, 0) is 19.3 Å². The van der Waals surface area contributed by atoms with Gasteiger partial charge in [0.2, 0.25) is 0 Å². The molecular weight excluding hydrogens is 232 g/mol. The van der Waals surface area contributed by atoms with Gasteiger partial charge in [0.05, 0.1) is 12.2 Å². The van der Waals surface area contributed by atoms with Crippen molar-refractivity contribution in [2.75, 3.05) is 13.2 Å². The molecule has 0 aliphatic heterocycles. The summed E-state index contributed by atoms with van der Waals surface area (Å²) in [6, 6.07) is 0. The number of unbranched alkanes of at least 4 members (excludes halogenated alkanes) is 1. The highest BCUT2D eigenvalue weighted by molar-refractivity contribution is 5.89. The third-order valence-corrected chi connectivity index (χ3v) is 2.27. The second-order valence-electron chi connectivity index (χ2n) is 4.04. The number of ether oxygens (including phenoxy) is 2. The van der Waals surface area contributed by atoms with Gasteiger partial charge < -0.3 is 9.47 Å². The molecule has 0 saturated heterocycles. The molecule has 4 heteroatoms. The first-order chi connectivity index (χ1) is 8.65. The molecule has 18 heavy (non-hydrogen) atoms.